The molecule has 136 valence electrons. The van der Waals surface area contributed by atoms with E-state index in [-0.39, 0.29) is 0 Å². The summed E-state index contributed by atoms with van der Waals surface area (Å²) in [6.07, 6.45) is 0.934. The van der Waals surface area contributed by atoms with Crippen molar-refractivity contribution in [2.75, 3.05) is 38.6 Å². The molecule has 0 aliphatic carbocycles. The van der Waals surface area contributed by atoms with E-state index in [1.807, 2.05) is 0 Å². The molecule has 1 aliphatic rings. The normalized spacial score (nSPS) is 15.6. The zero-order valence-electron chi connectivity index (χ0n) is 15.4. The van der Waals surface area contributed by atoms with Crippen LogP contribution in [0.15, 0.2) is 24.3 Å². The van der Waals surface area contributed by atoms with Crippen molar-refractivity contribution >= 4 is 16.9 Å². The van der Waals surface area contributed by atoms with Gasteiger partial charge in [0, 0.05) is 25.2 Å². The maximum atomic E-state index is 6.09. The average molecular weight is 351 g/mol. The Morgan fingerprint density at radius 3 is 2.73 bits per heavy atom. The second-order valence-corrected chi connectivity index (χ2v) is 6.92. The highest BCUT2D eigenvalue weighted by Crippen LogP contribution is 2.33. The minimum absolute atomic E-state index is 0.522. The number of rotatable bonds is 4. The number of benzene rings is 1. The number of hydrogen-bond acceptors (Lipinski definition) is 5. The molecule has 2 aromatic heterocycles. The Kier molecular flexibility index (Phi) is 4.61. The van der Waals surface area contributed by atoms with Crippen LogP contribution in [0, 0.1) is 13.8 Å². The molecule has 6 heteroatoms. The summed E-state index contributed by atoms with van der Waals surface area (Å²) in [5, 5.41) is 8.09. The highest BCUT2D eigenvalue weighted by Gasteiger charge is 2.19. The molecule has 26 heavy (non-hydrogen) atoms. The number of aromatic nitrogens is 3. The lowest BCUT2D eigenvalue weighted by atomic mass is 9.94. The van der Waals surface area contributed by atoms with Crippen molar-refractivity contribution in [1.29, 1.82) is 0 Å². The number of aromatic amines is 1. The molecule has 0 radical (unpaired) electrons. The first-order valence-corrected chi connectivity index (χ1v) is 9.14. The molecule has 4 rings (SSSR count). The van der Waals surface area contributed by atoms with Crippen molar-refractivity contribution in [1.82, 2.24) is 20.1 Å². The van der Waals surface area contributed by atoms with Crippen LogP contribution in [-0.4, -0.2) is 52.9 Å². The Bertz CT molecular complexity index is 927. The third kappa shape index (κ3) is 3.06. The predicted octanol–water partition coefficient (Wildman–Crippen LogP) is 2.70. The van der Waals surface area contributed by atoms with Crippen molar-refractivity contribution < 1.29 is 4.74 Å². The van der Waals surface area contributed by atoms with Crippen LogP contribution in [0.1, 0.15) is 16.7 Å². The summed E-state index contributed by atoms with van der Waals surface area (Å²) >= 11 is 0. The summed E-state index contributed by atoms with van der Waals surface area (Å²) in [6, 6.07) is 8.40. The van der Waals surface area contributed by atoms with E-state index >= 15 is 0 Å². The summed E-state index contributed by atoms with van der Waals surface area (Å²) in [4.78, 5) is 7.36. The Balaban J connectivity index is 1.79. The minimum Gasteiger partial charge on any atom is -0.382 e. The van der Waals surface area contributed by atoms with Gasteiger partial charge in [0.2, 0.25) is 0 Å². The van der Waals surface area contributed by atoms with Crippen LogP contribution in [0.2, 0.25) is 0 Å². The van der Waals surface area contributed by atoms with Gasteiger partial charge in [-0.3, -0.25) is 10.00 Å². The fraction of sp³-hybridized carbons (Fsp3) is 0.400. The average Bonchev–Trinajstić information content (AvgIpc) is 3.03. The molecule has 0 unspecified atom stereocenters. The minimum atomic E-state index is 0.522. The van der Waals surface area contributed by atoms with Gasteiger partial charge in [-0.05, 0) is 37.0 Å². The zero-order chi connectivity index (χ0) is 18.1. The molecule has 3 heterocycles. The monoisotopic (exact) mass is 351 g/mol. The first-order valence-electron chi connectivity index (χ1n) is 9.14. The number of nitrogen functional groups attached to an aromatic ring is 1. The van der Waals surface area contributed by atoms with Gasteiger partial charge in [0.15, 0.2) is 11.5 Å². The molecule has 0 saturated carbocycles. The maximum Gasteiger partial charge on any atom is 0.158 e. The number of anilines is 1. The first kappa shape index (κ1) is 17.0. The smallest absolute Gasteiger partial charge is 0.158 e. The van der Waals surface area contributed by atoms with E-state index in [1.165, 1.54) is 22.3 Å². The Hall–Kier alpha value is -2.44. The lowest BCUT2D eigenvalue weighted by molar-refractivity contribution is 0.0384. The molecule has 0 bridgehead atoms. The number of nitrogens with two attached hydrogens (primary N) is 1. The van der Waals surface area contributed by atoms with Gasteiger partial charge in [-0.2, -0.15) is 5.10 Å². The van der Waals surface area contributed by atoms with Crippen molar-refractivity contribution in [3.8, 4) is 11.3 Å². The standard InChI is InChI=1S/C20H25N5O/c1-13-5-3-4-6-15(13)18-16(7-8-25-9-11-26-12-10-25)14(2)17-19(21)23-24-20(17)22-18/h3-6H,7-12H2,1-2H3,(H3,21,22,23,24). The number of aryl methyl sites for hydroxylation is 2. The van der Waals surface area contributed by atoms with E-state index in [1.54, 1.807) is 0 Å². The van der Waals surface area contributed by atoms with Crippen molar-refractivity contribution in [2.45, 2.75) is 20.3 Å². The van der Waals surface area contributed by atoms with Crippen molar-refractivity contribution in [3.05, 3.63) is 41.0 Å². The van der Waals surface area contributed by atoms with E-state index < -0.39 is 0 Å². The van der Waals surface area contributed by atoms with Gasteiger partial charge in [-0.15, -0.1) is 0 Å². The van der Waals surface area contributed by atoms with Crippen LogP contribution in [0.5, 0.6) is 0 Å². The van der Waals surface area contributed by atoms with E-state index in [0.717, 1.165) is 56.0 Å². The number of nitrogens with one attached hydrogen (secondary N) is 1. The molecule has 0 atom stereocenters. The summed E-state index contributed by atoms with van der Waals surface area (Å²) in [6.45, 7) is 8.86. The number of morpholine rings is 1. The second kappa shape index (κ2) is 7.05. The quantitative estimate of drug-likeness (QED) is 0.755. The number of hydrogen-bond donors (Lipinski definition) is 2. The topological polar surface area (TPSA) is 80.1 Å². The fourth-order valence-electron chi connectivity index (χ4n) is 3.77. The number of ether oxygens (including phenoxy) is 1. The van der Waals surface area contributed by atoms with E-state index in [2.05, 4.69) is 53.2 Å². The van der Waals surface area contributed by atoms with Gasteiger partial charge in [0.1, 0.15) is 0 Å². The highest BCUT2D eigenvalue weighted by atomic mass is 16.5. The van der Waals surface area contributed by atoms with Crippen molar-refractivity contribution in [3.63, 3.8) is 0 Å². The van der Waals surface area contributed by atoms with Gasteiger partial charge in [-0.25, -0.2) is 4.98 Å². The maximum absolute atomic E-state index is 6.09. The van der Waals surface area contributed by atoms with Gasteiger partial charge < -0.3 is 10.5 Å². The fourth-order valence-corrected chi connectivity index (χ4v) is 3.77. The highest BCUT2D eigenvalue weighted by molar-refractivity contribution is 5.92. The molecule has 1 aliphatic heterocycles. The number of pyridine rings is 1. The molecule has 0 spiro atoms. The first-order chi connectivity index (χ1) is 12.6. The molecular weight excluding hydrogens is 326 g/mol. The third-order valence-electron chi connectivity index (χ3n) is 5.29. The molecule has 1 saturated heterocycles. The summed E-state index contributed by atoms with van der Waals surface area (Å²) in [5.41, 5.74) is 12.7. The lowest BCUT2D eigenvalue weighted by Gasteiger charge is -2.27. The SMILES string of the molecule is Cc1ccccc1-c1nc2[nH]nc(N)c2c(C)c1CCN1CCOCC1. The second-order valence-electron chi connectivity index (χ2n) is 6.92. The van der Waals surface area contributed by atoms with Crippen LogP contribution in [0.4, 0.5) is 5.82 Å². The molecular formula is C20H25N5O. The summed E-state index contributed by atoms with van der Waals surface area (Å²) < 4.78 is 5.46. The van der Waals surface area contributed by atoms with Crippen LogP contribution in [0.3, 0.4) is 0 Å². The largest absolute Gasteiger partial charge is 0.382 e. The predicted molar refractivity (Wildman–Crippen MR) is 104 cm³/mol. The molecule has 1 aromatic carbocycles. The molecule has 3 N–H and O–H groups in total. The van der Waals surface area contributed by atoms with Crippen molar-refractivity contribution in [2.24, 2.45) is 0 Å². The van der Waals surface area contributed by atoms with Crippen LogP contribution in [0.25, 0.3) is 22.3 Å². The Labute approximate surface area is 153 Å². The number of fused-ring (bicyclic) bond motifs is 1. The van der Waals surface area contributed by atoms with E-state index in [4.69, 9.17) is 15.5 Å². The number of nitrogens with zero attached hydrogens (tertiary/aromatic N) is 3. The third-order valence-corrected chi connectivity index (χ3v) is 5.29. The summed E-state index contributed by atoms with van der Waals surface area (Å²) in [5.74, 6) is 0.522. The van der Waals surface area contributed by atoms with Gasteiger partial charge in [0.05, 0.1) is 24.3 Å². The van der Waals surface area contributed by atoms with Crippen LogP contribution >= 0.6 is 0 Å². The number of H-pyrrole nitrogens is 1. The van der Waals surface area contributed by atoms with E-state index in [0.29, 0.717) is 5.82 Å². The Morgan fingerprint density at radius 2 is 1.96 bits per heavy atom. The van der Waals surface area contributed by atoms with E-state index in [9.17, 15) is 0 Å². The zero-order valence-corrected chi connectivity index (χ0v) is 15.4. The lowest BCUT2D eigenvalue weighted by Crippen LogP contribution is -2.37. The van der Waals surface area contributed by atoms with Gasteiger partial charge in [0.25, 0.3) is 0 Å². The molecule has 0 amide bonds. The molecule has 3 aromatic rings. The molecule has 1 fully saturated rings. The van der Waals surface area contributed by atoms with Crippen LogP contribution in [-0.2, 0) is 11.2 Å². The van der Waals surface area contributed by atoms with Gasteiger partial charge in [-0.1, -0.05) is 24.3 Å². The van der Waals surface area contributed by atoms with Crippen LogP contribution < -0.4 is 5.73 Å². The van der Waals surface area contributed by atoms with Gasteiger partial charge >= 0.3 is 0 Å². The Morgan fingerprint density at radius 1 is 1.19 bits per heavy atom. The molecule has 6 nitrogen and oxygen atoms in total. The summed E-state index contributed by atoms with van der Waals surface area (Å²) in [7, 11) is 0.